The quantitative estimate of drug-likeness (QED) is 0.584. The molecule has 1 heterocycles. The summed E-state index contributed by atoms with van der Waals surface area (Å²) in [4.78, 5) is 37.0. The van der Waals surface area contributed by atoms with Gasteiger partial charge < -0.3 is 19.8 Å². The Labute approximate surface area is 174 Å². The third-order valence-corrected chi connectivity index (χ3v) is 4.40. The van der Waals surface area contributed by atoms with E-state index in [1.54, 1.807) is 49.4 Å². The van der Waals surface area contributed by atoms with Crippen LogP contribution < -0.4 is 10.6 Å². The number of amides is 2. The number of carbonyl (C=O) groups excluding carboxylic acids is 3. The van der Waals surface area contributed by atoms with Gasteiger partial charge >= 0.3 is 5.97 Å². The van der Waals surface area contributed by atoms with Crippen molar-refractivity contribution in [2.75, 3.05) is 11.9 Å². The van der Waals surface area contributed by atoms with Gasteiger partial charge in [-0.05, 0) is 49.7 Å². The van der Waals surface area contributed by atoms with Gasteiger partial charge in [0.15, 0.2) is 6.61 Å². The van der Waals surface area contributed by atoms with E-state index in [2.05, 4.69) is 10.6 Å². The number of benzene rings is 2. The predicted octanol–water partition coefficient (Wildman–Crippen LogP) is 3.62. The highest BCUT2D eigenvalue weighted by molar-refractivity contribution is 6.04. The molecule has 3 aromatic rings. The maximum absolute atomic E-state index is 12.5. The van der Waals surface area contributed by atoms with Gasteiger partial charge in [0.1, 0.15) is 5.76 Å². The molecule has 0 aliphatic heterocycles. The molecule has 0 saturated heterocycles. The topological polar surface area (TPSA) is 97.6 Å². The lowest BCUT2D eigenvalue weighted by molar-refractivity contribution is -0.119. The summed E-state index contributed by atoms with van der Waals surface area (Å²) in [7, 11) is 0. The van der Waals surface area contributed by atoms with E-state index in [1.807, 2.05) is 19.1 Å². The van der Waals surface area contributed by atoms with Crippen molar-refractivity contribution in [1.29, 1.82) is 0 Å². The van der Waals surface area contributed by atoms with Crippen molar-refractivity contribution in [3.63, 3.8) is 0 Å². The average molecular weight is 406 g/mol. The van der Waals surface area contributed by atoms with Crippen LogP contribution in [0.2, 0.25) is 0 Å². The van der Waals surface area contributed by atoms with Gasteiger partial charge in [-0.25, -0.2) is 4.79 Å². The minimum absolute atomic E-state index is 0.224. The zero-order valence-corrected chi connectivity index (χ0v) is 16.7. The molecule has 0 aliphatic rings. The monoisotopic (exact) mass is 406 g/mol. The lowest BCUT2D eigenvalue weighted by Crippen LogP contribution is -2.26. The second-order valence-corrected chi connectivity index (χ2v) is 6.75. The lowest BCUT2D eigenvalue weighted by atomic mass is 10.1. The van der Waals surface area contributed by atoms with Gasteiger partial charge in [-0.3, -0.25) is 9.59 Å². The maximum atomic E-state index is 12.5. The van der Waals surface area contributed by atoms with E-state index in [9.17, 15) is 14.4 Å². The number of hydrogen-bond donors (Lipinski definition) is 2. The van der Waals surface area contributed by atoms with Crippen LogP contribution in [-0.4, -0.2) is 24.4 Å². The van der Waals surface area contributed by atoms with Crippen molar-refractivity contribution in [2.24, 2.45) is 0 Å². The Morgan fingerprint density at radius 2 is 1.77 bits per heavy atom. The standard InChI is InChI=1S/C23H22N2O5/c1-15-9-10-16(2)19(12-15)23(28)30-14-21(26)25-20-8-4-3-7-18(20)22(27)24-13-17-6-5-11-29-17/h3-12H,13-14H2,1-2H3,(H,24,27)(H,25,26). The van der Waals surface area contributed by atoms with Crippen LogP contribution in [0.5, 0.6) is 0 Å². The molecule has 0 radical (unpaired) electrons. The van der Waals surface area contributed by atoms with Crippen molar-refractivity contribution in [3.05, 3.63) is 88.9 Å². The molecule has 0 unspecified atom stereocenters. The number of carbonyl (C=O) groups is 3. The van der Waals surface area contributed by atoms with E-state index in [4.69, 9.17) is 9.15 Å². The molecule has 2 amide bonds. The van der Waals surface area contributed by atoms with E-state index >= 15 is 0 Å². The second kappa shape index (κ2) is 9.56. The SMILES string of the molecule is Cc1ccc(C)c(C(=O)OCC(=O)Nc2ccccc2C(=O)NCc2ccco2)c1. The molecule has 2 aromatic carbocycles. The Bertz CT molecular complexity index is 1060. The number of hydrogen-bond acceptors (Lipinski definition) is 5. The first kappa shape index (κ1) is 20.9. The summed E-state index contributed by atoms with van der Waals surface area (Å²) >= 11 is 0. The number of anilines is 1. The molecular formula is C23H22N2O5. The lowest BCUT2D eigenvalue weighted by Gasteiger charge is -2.12. The minimum atomic E-state index is -0.573. The summed E-state index contributed by atoms with van der Waals surface area (Å²) in [5.74, 6) is -0.867. The number of para-hydroxylation sites is 1. The predicted molar refractivity (Wildman–Crippen MR) is 111 cm³/mol. The number of furan rings is 1. The van der Waals surface area contributed by atoms with E-state index < -0.39 is 18.5 Å². The summed E-state index contributed by atoms with van der Waals surface area (Å²) in [5, 5.41) is 5.35. The van der Waals surface area contributed by atoms with Crippen molar-refractivity contribution in [1.82, 2.24) is 5.32 Å². The van der Waals surface area contributed by atoms with Crippen LogP contribution >= 0.6 is 0 Å². The van der Waals surface area contributed by atoms with E-state index in [0.717, 1.165) is 11.1 Å². The molecule has 7 heteroatoms. The fourth-order valence-electron chi connectivity index (χ4n) is 2.82. The molecule has 3 rings (SSSR count). The number of aryl methyl sites for hydroxylation is 2. The Balaban J connectivity index is 1.59. The molecule has 0 aliphatic carbocycles. The van der Waals surface area contributed by atoms with Crippen LogP contribution in [0, 0.1) is 13.8 Å². The highest BCUT2D eigenvalue weighted by atomic mass is 16.5. The number of nitrogens with one attached hydrogen (secondary N) is 2. The fourth-order valence-corrected chi connectivity index (χ4v) is 2.82. The van der Waals surface area contributed by atoms with Gasteiger partial charge in [0, 0.05) is 0 Å². The van der Waals surface area contributed by atoms with Crippen molar-refractivity contribution < 1.29 is 23.5 Å². The van der Waals surface area contributed by atoms with Crippen LogP contribution in [0.15, 0.2) is 65.3 Å². The van der Waals surface area contributed by atoms with Gasteiger partial charge in [-0.2, -0.15) is 0 Å². The third kappa shape index (κ3) is 5.35. The molecule has 7 nitrogen and oxygen atoms in total. The molecule has 1 aromatic heterocycles. The summed E-state index contributed by atoms with van der Waals surface area (Å²) < 4.78 is 10.3. The number of esters is 1. The van der Waals surface area contributed by atoms with Crippen LogP contribution in [0.25, 0.3) is 0 Å². The zero-order valence-electron chi connectivity index (χ0n) is 16.7. The number of ether oxygens (including phenoxy) is 1. The Hall–Kier alpha value is -3.87. The van der Waals surface area contributed by atoms with Crippen LogP contribution in [0.1, 0.15) is 37.6 Å². The second-order valence-electron chi connectivity index (χ2n) is 6.75. The van der Waals surface area contributed by atoms with Crippen molar-refractivity contribution in [2.45, 2.75) is 20.4 Å². The normalized spacial score (nSPS) is 10.3. The molecule has 154 valence electrons. The summed E-state index contributed by atoms with van der Waals surface area (Å²) in [6.07, 6.45) is 1.52. The van der Waals surface area contributed by atoms with Crippen LogP contribution in [0.4, 0.5) is 5.69 Å². The maximum Gasteiger partial charge on any atom is 0.338 e. The van der Waals surface area contributed by atoms with Gasteiger partial charge in [0.25, 0.3) is 11.8 Å². The molecular weight excluding hydrogens is 384 g/mol. The molecule has 0 saturated carbocycles. The zero-order chi connectivity index (χ0) is 21.5. The molecule has 0 bridgehead atoms. The summed E-state index contributed by atoms with van der Waals surface area (Å²) in [6, 6.07) is 15.5. The summed E-state index contributed by atoms with van der Waals surface area (Å²) in [6.45, 7) is 3.43. The van der Waals surface area contributed by atoms with E-state index in [0.29, 0.717) is 22.6 Å². The van der Waals surface area contributed by atoms with Crippen molar-refractivity contribution in [3.8, 4) is 0 Å². The molecule has 2 N–H and O–H groups in total. The van der Waals surface area contributed by atoms with Gasteiger partial charge in [0.05, 0.1) is 29.6 Å². The first-order valence-electron chi connectivity index (χ1n) is 9.38. The number of rotatable bonds is 7. The molecule has 30 heavy (non-hydrogen) atoms. The smallest absolute Gasteiger partial charge is 0.338 e. The third-order valence-electron chi connectivity index (χ3n) is 4.40. The molecule has 0 fully saturated rings. The van der Waals surface area contributed by atoms with Crippen LogP contribution in [-0.2, 0) is 16.1 Å². The molecule has 0 spiro atoms. The van der Waals surface area contributed by atoms with Crippen LogP contribution in [0.3, 0.4) is 0 Å². The minimum Gasteiger partial charge on any atom is -0.467 e. The van der Waals surface area contributed by atoms with Gasteiger partial charge in [0.2, 0.25) is 0 Å². The fraction of sp³-hybridized carbons (Fsp3) is 0.174. The van der Waals surface area contributed by atoms with E-state index in [1.165, 1.54) is 6.26 Å². The van der Waals surface area contributed by atoms with Gasteiger partial charge in [-0.1, -0.05) is 29.8 Å². The molecule has 0 atom stereocenters. The average Bonchev–Trinajstić information content (AvgIpc) is 3.26. The Kier molecular flexibility index (Phi) is 6.64. The first-order valence-corrected chi connectivity index (χ1v) is 9.38. The highest BCUT2D eigenvalue weighted by Crippen LogP contribution is 2.16. The Morgan fingerprint density at radius 1 is 0.967 bits per heavy atom. The largest absolute Gasteiger partial charge is 0.467 e. The van der Waals surface area contributed by atoms with E-state index in [-0.39, 0.29) is 12.5 Å². The van der Waals surface area contributed by atoms with Gasteiger partial charge in [-0.15, -0.1) is 0 Å². The van der Waals surface area contributed by atoms with Crippen molar-refractivity contribution >= 4 is 23.5 Å². The Morgan fingerprint density at radius 3 is 2.53 bits per heavy atom. The highest BCUT2D eigenvalue weighted by Gasteiger charge is 2.16. The summed E-state index contributed by atoms with van der Waals surface area (Å²) in [5.41, 5.74) is 2.72. The first-order chi connectivity index (χ1) is 14.4.